The van der Waals surface area contributed by atoms with E-state index in [1.807, 2.05) is 30.5 Å². The van der Waals surface area contributed by atoms with Crippen LogP contribution in [0.15, 0.2) is 48.9 Å². The second kappa shape index (κ2) is 5.44. The van der Waals surface area contributed by atoms with Crippen molar-refractivity contribution < 1.29 is 9.18 Å². The number of nitrogens with one attached hydrogen (secondary N) is 1. The van der Waals surface area contributed by atoms with Crippen LogP contribution in [0.25, 0.3) is 10.9 Å². The molecule has 1 aliphatic rings. The van der Waals surface area contributed by atoms with E-state index in [4.69, 9.17) is 0 Å². The fourth-order valence-electron chi connectivity index (χ4n) is 3.01. The van der Waals surface area contributed by atoms with Crippen LogP contribution in [0.4, 0.5) is 10.1 Å². The van der Waals surface area contributed by atoms with E-state index in [1.54, 1.807) is 0 Å². The van der Waals surface area contributed by atoms with Crippen molar-refractivity contribution in [1.29, 1.82) is 0 Å². The number of anilines is 1. The van der Waals surface area contributed by atoms with Gasteiger partial charge in [0.1, 0.15) is 0 Å². The summed E-state index contributed by atoms with van der Waals surface area (Å²) in [4.78, 5) is 16.4. The maximum Gasteiger partial charge on any atom is 0.257 e. The van der Waals surface area contributed by atoms with Crippen LogP contribution in [0, 0.1) is 11.2 Å². The molecule has 1 amide bonds. The lowest BCUT2D eigenvalue weighted by molar-refractivity contribution is 0.102. The van der Waals surface area contributed by atoms with Crippen molar-refractivity contribution in [1.82, 2.24) is 9.55 Å². The Balaban J connectivity index is 1.71. The van der Waals surface area contributed by atoms with Crippen molar-refractivity contribution in [3.05, 3.63) is 60.3 Å². The molecule has 122 valence electrons. The van der Waals surface area contributed by atoms with Crippen LogP contribution >= 0.6 is 0 Å². The standard InChI is InChI=1S/C19H18FN3O/c1-19(7-8-19)12-23-11-14(13-4-2-3-5-17(13)23)18(24)22-16-6-9-21-10-15(16)20/h2-6,9-11H,7-8,12H2,1H3,(H,21,22,24). The first-order valence-corrected chi connectivity index (χ1v) is 8.04. The number of para-hydroxylation sites is 1. The molecule has 24 heavy (non-hydrogen) atoms. The molecule has 0 aliphatic heterocycles. The van der Waals surface area contributed by atoms with E-state index in [0.29, 0.717) is 11.0 Å². The molecule has 1 saturated carbocycles. The fourth-order valence-corrected chi connectivity index (χ4v) is 3.01. The normalized spacial score (nSPS) is 15.4. The van der Waals surface area contributed by atoms with Gasteiger partial charge in [0.15, 0.2) is 5.82 Å². The molecule has 4 nitrogen and oxygen atoms in total. The predicted molar refractivity (Wildman–Crippen MR) is 91.4 cm³/mol. The number of amides is 1. The van der Waals surface area contributed by atoms with Gasteiger partial charge in [-0.25, -0.2) is 4.39 Å². The van der Waals surface area contributed by atoms with Gasteiger partial charge >= 0.3 is 0 Å². The molecule has 1 fully saturated rings. The molecule has 1 aromatic carbocycles. The van der Waals surface area contributed by atoms with Crippen molar-refractivity contribution in [2.75, 3.05) is 5.32 Å². The lowest BCUT2D eigenvalue weighted by atomic mass is 10.1. The van der Waals surface area contributed by atoms with Gasteiger partial charge in [-0.1, -0.05) is 25.1 Å². The predicted octanol–water partition coefficient (Wildman–Crippen LogP) is 4.23. The highest BCUT2D eigenvalue weighted by molar-refractivity contribution is 6.13. The summed E-state index contributed by atoms with van der Waals surface area (Å²) in [6, 6.07) is 9.29. The molecule has 2 heterocycles. The van der Waals surface area contributed by atoms with Crippen LogP contribution in [-0.4, -0.2) is 15.5 Å². The van der Waals surface area contributed by atoms with Crippen LogP contribution in [0.3, 0.4) is 0 Å². The number of rotatable bonds is 4. The minimum atomic E-state index is -0.542. The van der Waals surface area contributed by atoms with Gasteiger partial charge in [-0.05, 0) is 30.4 Å². The molecule has 0 unspecified atom stereocenters. The molecule has 4 rings (SSSR count). The number of nitrogens with zero attached hydrogens (tertiary/aromatic N) is 2. The Kier molecular flexibility index (Phi) is 3.37. The fraction of sp³-hybridized carbons (Fsp3) is 0.263. The van der Waals surface area contributed by atoms with Crippen molar-refractivity contribution in [2.45, 2.75) is 26.3 Å². The van der Waals surface area contributed by atoms with Crippen LogP contribution in [0.2, 0.25) is 0 Å². The number of hydrogen-bond acceptors (Lipinski definition) is 2. The molecule has 0 radical (unpaired) electrons. The molecule has 1 N–H and O–H groups in total. The average Bonchev–Trinajstić information content (AvgIpc) is 3.19. The van der Waals surface area contributed by atoms with Gasteiger partial charge in [0, 0.05) is 29.8 Å². The van der Waals surface area contributed by atoms with Crippen LogP contribution < -0.4 is 5.32 Å². The van der Waals surface area contributed by atoms with E-state index in [9.17, 15) is 9.18 Å². The van der Waals surface area contributed by atoms with Gasteiger partial charge in [-0.15, -0.1) is 0 Å². The SMILES string of the molecule is CC1(Cn2cc(C(=O)Nc3ccncc3F)c3ccccc32)CC1. The van der Waals surface area contributed by atoms with E-state index >= 15 is 0 Å². The number of pyridine rings is 1. The third-order valence-electron chi connectivity index (χ3n) is 4.71. The Labute approximate surface area is 139 Å². The molecule has 0 saturated heterocycles. The Morgan fingerprint density at radius 3 is 2.88 bits per heavy atom. The number of benzene rings is 1. The molecule has 5 heteroatoms. The summed E-state index contributed by atoms with van der Waals surface area (Å²) in [5, 5.41) is 3.53. The zero-order valence-electron chi connectivity index (χ0n) is 13.4. The molecule has 0 bridgehead atoms. The van der Waals surface area contributed by atoms with Crippen molar-refractivity contribution in [2.24, 2.45) is 5.41 Å². The number of halogens is 1. The summed E-state index contributed by atoms with van der Waals surface area (Å²) in [7, 11) is 0. The lowest BCUT2D eigenvalue weighted by Crippen LogP contribution is -2.13. The van der Waals surface area contributed by atoms with Crippen LogP contribution in [0.5, 0.6) is 0 Å². The zero-order chi connectivity index (χ0) is 16.7. The lowest BCUT2D eigenvalue weighted by Gasteiger charge is -2.10. The first kappa shape index (κ1) is 14.9. The van der Waals surface area contributed by atoms with E-state index in [-0.39, 0.29) is 11.6 Å². The third-order valence-corrected chi connectivity index (χ3v) is 4.71. The van der Waals surface area contributed by atoms with E-state index in [1.165, 1.54) is 25.1 Å². The molecule has 1 aliphatic carbocycles. The second-order valence-corrected chi connectivity index (χ2v) is 6.81. The largest absolute Gasteiger partial charge is 0.346 e. The van der Waals surface area contributed by atoms with Crippen molar-refractivity contribution >= 4 is 22.5 Å². The first-order valence-electron chi connectivity index (χ1n) is 8.04. The van der Waals surface area contributed by atoms with Gasteiger partial charge < -0.3 is 9.88 Å². The number of aromatic nitrogens is 2. The minimum Gasteiger partial charge on any atom is -0.346 e. The summed E-state index contributed by atoms with van der Waals surface area (Å²) in [5.74, 6) is -0.851. The Hall–Kier alpha value is -2.69. The second-order valence-electron chi connectivity index (χ2n) is 6.81. The van der Waals surface area contributed by atoms with Crippen molar-refractivity contribution in [3.63, 3.8) is 0 Å². The Morgan fingerprint density at radius 2 is 2.12 bits per heavy atom. The maximum absolute atomic E-state index is 13.7. The Bertz CT molecular complexity index is 927. The van der Waals surface area contributed by atoms with Gasteiger partial charge in [-0.3, -0.25) is 9.78 Å². The summed E-state index contributed by atoms with van der Waals surface area (Å²) in [6.07, 6.45) is 6.85. The number of carbonyl (C=O) groups excluding carboxylic acids is 1. The van der Waals surface area contributed by atoms with Crippen LogP contribution in [0.1, 0.15) is 30.1 Å². The molecule has 0 atom stereocenters. The van der Waals surface area contributed by atoms with Gasteiger partial charge in [0.2, 0.25) is 0 Å². The highest BCUT2D eigenvalue weighted by Gasteiger charge is 2.37. The molecule has 2 aromatic heterocycles. The number of fused-ring (bicyclic) bond motifs is 1. The van der Waals surface area contributed by atoms with Crippen molar-refractivity contribution in [3.8, 4) is 0 Å². The summed E-state index contributed by atoms with van der Waals surface area (Å²) in [6.45, 7) is 3.15. The van der Waals surface area contributed by atoms with Gasteiger partial charge in [-0.2, -0.15) is 0 Å². The smallest absolute Gasteiger partial charge is 0.257 e. The minimum absolute atomic E-state index is 0.140. The van der Waals surface area contributed by atoms with E-state index < -0.39 is 5.82 Å². The summed E-state index contributed by atoms with van der Waals surface area (Å²) >= 11 is 0. The summed E-state index contributed by atoms with van der Waals surface area (Å²) in [5.41, 5.74) is 2.06. The highest BCUT2D eigenvalue weighted by atomic mass is 19.1. The topological polar surface area (TPSA) is 46.9 Å². The third kappa shape index (κ3) is 2.66. The van der Waals surface area contributed by atoms with Gasteiger partial charge in [0.05, 0.1) is 17.4 Å². The van der Waals surface area contributed by atoms with E-state index in [2.05, 4.69) is 21.8 Å². The molecule has 3 aromatic rings. The molecular weight excluding hydrogens is 305 g/mol. The average molecular weight is 323 g/mol. The Morgan fingerprint density at radius 1 is 1.33 bits per heavy atom. The summed E-state index contributed by atoms with van der Waals surface area (Å²) < 4.78 is 15.9. The highest BCUT2D eigenvalue weighted by Crippen LogP contribution is 2.47. The van der Waals surface area contributed by atoms with Crippen LogP contribution in [-0.2, 0) is 6.54 Å². The quantitative estimate of drug-likeness (QED) is 0.781. The van der Waals surface area contributed by atoms with Gasteiger partial charge in [0.25, 0.3) is 5.91 Å². The zero-order valence-corrected chi connectivity index (χ0v) is 13.4. The first-order chi connectivity index (χ1) is 11.6. The maximum atomic E-state index is 13.7. The molecule has 0 spiro atoms. The molecular formula is C19H18FN3O. The number of hydrogen-bond donors (Lipinski definition) is 1. The van der Waals surface area contributed by atoms with E-state index in [0.717, 1.165) is 23.6 Å². The monoisotopic (exact) mass is 323 g/mol. The number of carbonyl (C=O) groups is 1.